The molecule has 0 saturated heterocycles. The van der Waals surface area contributed by atoms with Crippen LogP contribution in [0.2, 0.25) is 0 Å². The fourth-order valence-corrected chi connectivity index (χ4v) is 16.3. The molecule has 17 rings (SSSR count). The standard InChI is InChI=1S/C72H40S3/c1-3-19-51-49(17-1)59-35-43(41-13-9-15-45(33-41)47-23-11-25-57-55-21-5-7-27-67(55)74-71(47)57)29-31-53(59)63-39-69-65(37-61(51)63)66-38-62-52-20-4-2-18-50(52)60-36-44(30-32-54(60)64(62)40-70(66)73-69)42-14-10-16-46(34-42)48-24-12-26-58-56-22-6-8-28-68(56)75-72(48)58/h1-40H. The molecule has 0 aliphatic rings. The first-order valence-corrected chi connectivity index (χ1v) is 28.1. The molecule has 0 saturated carbocycles. The monoisotopic (exact) mass is 1000 g/mol. The van der Waals surface area contributed by atoms with Crippen LogP contribution in [0.3, 0.4) is 0 Å². The van der Waals surface area contributed by atoms with E-state index in [-0.39, 0.29) is 0 Å². The molecule has 0 spiro atoms. The van der Waals surface area contributed by atoms with Crippen LogP contribution in [0.15, 0.2) is 243 Å². The lowest BCUT2D eigenvalue weighted by atomic mass is 9.90. The Hall–Kier alpha value is -8.70. The number of benzene rings is 14. The third-order valence-corrected chi connectivity index (χ3v) is 19.8. The molecule has 17 aromatic rings. The van der Waals surface area contributed by atoms with E-state index in [4.69, 9.17) is 0 Å². The molecule has 346 valence electrons. The van der Waals surface area contributed by atoms with Gasteiger partial charge in [0.25, 0.3) is 0 Å². The molecule has 0 bridgehead atoms. The van der Waals surface area contributed by atoms with E-state index in [1.807, 2.05) is 34.0 Å². The van der Waals surface area contributed by atoms with Crippen molar-refractivity contribution in [3.05, 3.63) is 243 Å². The lowest BCUT2D eigenvalue weighted by molar-refractivity contribution is 1.63. The van der Waals surface area contributed by atoms with Gasteiger partial charge >= 0.3 is 0 Å². The Morgan fingerprint density at radius 2 is 0.493 bits per heavy atom. The number of thiophene rings is 3. The molecular formula is C72H40S3. The summed E-state index contributed by atoms with van der Waals surface area (Å²) in [6.45, 7) is 0. The Labute approximate surface area is 443 Å². The second kappa shape index (κ2) is 15.9. The lowest BCUT2D eigenvalue weighted by Gasteiger charge is -2.14. The fraction of sp³-hybridized carbons (Fsp3) is 0. The average molecular weight is 1000 g/mol. The largest absolute Gasteiger partial charge is 0.135 e. The van der Waals surface area contributed by atoms with Crippen LogP contribution in [0.5, 0.6) is 0 Å². The van der Waals surface area contributed by atoms with Gasteiger partial charge in [0.1, 0.15) is 0 Å². The summed E-state index contributed by atoms with van der Waals surface area (Å²) in [4.78, 5) is 0. The zero-order valence-electron chi connectivity index (χ0n) is 40.3. The maximum Gasteiger partial charge on any atom is 0.0433 e. The van der Waals surface area contributed by atoms with Crippen molar-refractivity contribution in [2.24, 2.45) is 0 Å². The summed E-state index contributed by atoms with van der Waals surface area (Å²) in [5.74, 6) is 0. The molecule has 0 radical (unpaired) electrons. The third-order valence-electron chi connectivity index (χ3n) is 16.2. The smallest absolute Gasteiger partial charge is 0.0433 e. The highest BCUT2D eigenvalue weighted by molar-refractivity contribution is 7.27. The van der Waals surface area contributed by atoms with Crippen LogP contribution < -0.4 is 0 Å². The SMILES string of the molecule is c1cc(-c2ccc3c(c2)c2ccccc2c2cc4c(cc32)sc2cc3c5ccc(-c6cccc(-c7cccc8c7sc7ccccc78)c6)cc5c5ccccc5c3cc24)cc(-c2cccc3c2sc2ccccc23)c1. The second-order valence-electron chi connectivity index (χ2n) is 20.2. The van der Waals surface area contributed by atoms with Crippen molar-refractivity contribution in [1.82, 2.24) is 0 Å². The second-order valence-corrected chi connectivity index (χ2v) is 23.4. The highest BCUT2D eigenvalue weighted by atomic mass is 32.1. The molecule has 0 amide bonds. The van der Waals surface area contributed by atoms with Gasteiger partial charge in [-0.05, 0) is 170 Å². The first-order chi connectivity index (χ1) is 37.1. The van der Waals surface area contributed by atoms with Crippen molar-refractivity contribution >= 4 is 159 Å². The zero-order valence-corrected chi connectivity index (χ0v) is 42.8. The molecule has 0 aliphatic carbocycles. The summed E-state index contributed by atoms with van der Waals surface area (Å²) < 4.78 is 7.99. The van der Waals surface area contributed by atoms with Gasteiger partial charge in [0.05, 0.1) is 0 Å². The minimum Gasteiger partial charge on any atom is -0.135 e. The summed E-state index contributed by atoms with van der Waals surface area (Å²) >= 11 is 5.71. The maximum atomic E-state index is 2.49. The quantitative estimate of drug-likeness (QED) is 0.154. The van der Waals surface area contributed by atoms with Gasteiger partial charge in [-0.3, -0.25) is 0 Å². The highest BCUT2D eigenvalue weighted by Gasteiger charge is 2.19. The number of hydrogen-bond acceptors (Lipinski definition) is 3. The highest BCUT2D eigenvalue weighted by Crippen LogP contribution is 2.48. The van der Waals surface area contributed by atoms with Crippen LogP contribution in [0.25, 0.3) is 170 Å². The Morgan fingerprint density at radius 3 is 0.947 bits per heavy atom. The van der Waals surface area contributed by atoms with Gasteiger partial charge < -0.3 is 0 Å². The van der Waals surface area contributed by atoms with Crippen molar-refractivity contribution < 1.29 is 0 Å². The molecule has 0 nitrogen and oxygen atoms in total. The maximum absolute atomic E-state index is 2.49. The lowest BCUT2D eigenvalue weighted by Crippen LogP contribution is -1.87. The minimum absolute atomic E-state index is 1.23. The first kappa shape index (κ1) is 41.7. The normalized spacial score (nSPS) is 12.3. The third kappa shape index (κ3) is 6.21. The Bertz CT molecular complexity index is 4980. The van der Waals surface area contributed by atoms with Crippen molar-refractivity contribution in [3.8, 4) is 44.5 Å². The predicted molar refractivity (Wildman–Crippen MR) is 332 cm³/mol. The van der Waals surface area contributed by atoms with Crippen molar-refractivity contribution in [1.29, 1.82) is 0 Å². The van der Waals surface area contributed by atoms with Crippen LogP contribution in [0.4, 0.5) is 0 Å². The number of fused-ring (bicyclic) bond motifs is 21. The summed E-state index contributed by atoms with van der Waals surface area (Å²) in [6, 6.07) is 91.7. The molecular weight excluding hydrogens is 961 g/mol. The van der Waals surface area contributed by atoms with E-state index in [1.54, 1.807) is 0 Å². The van der Waals surface area contributed by atoms with Crippen LogP contribution in [0.1, 0.15) is 0 Å². The predicted octanol–water partition coefficient (Wildman–Crippen LogP) is 22.4. The van der Waals surface area contributed by atoms with E-state index in [9.17, 15) is 0 Å². The van der Waals surface area contributed by atoms with Crippen LogP contribution in [0, 0.1) is 0 Å². The molecule has 0 N–H and O–H groups in total. The van der Waals surface area contributed by atoms with Gasteiger partial charge in [-0.1, -0.05) is 182 Å². The average Bonchev–Trinajstić information content (AvgIpc) is 4.18. The number of hydrogen-bond donors (Lipinski definition) is 0. The minimum atomic E-state index is 1.23. The van der Waals surface area contributed by atoms with E-state index >= 15 is 0 Å². The van der Waals surface area contributed by atoms with E-state index in [0.29, 0.717) is 0 Å². The molecule has 14 aromatic carbocycles. The fourth-order valence-electron chi connectivity index (χ4n) is 12.7. The van der Waals surface area contributed by atoms with Gasteiger partial charge in [-0.15, -0.1) is 34.0 Å². The Balaban J connectivity index is 0.802. The molecule has 0 atom stereocenters. The van der Waals surface area contributed by atoms with Crippen LogP contribution in [-0.4, -0.2) is 0 Å². The summed E-state index contributed by atoms with van der Waals surface area (Å²) in [5.41, 5.74) is 9.99. The van der Waals surface area contributed by atoms with E-state index in [2.05, 4.69) is 243 Å². The Kier molecular flexibility index (Phi) is 8.85. The van der Waals surface area contributed by atoms with Crippen molar-refractivity contribution in [3.63, 3.8) is 0 Å². The molecule has 0 fully saturated rings. The van der Waals surface area contributed by atoms with E-state index < -0.39 is 0 Å². The topological polar surface area (TPSA) is 0 Å². The van der Waals surface area contributed by atoms with Gasteiger partial charge in [-0.25, -0.2) is 0 Å². The number of rotatable bonds is 4. The summed E-state index contributed by atoms with van der Waals surface area (Å²) in [7, 11) is 0. The van der Waals surface area contributed by atoms with Crippen molar-refractivity contribution in [2.75, 3.05) is 0 Å². The van der Waals surface area contributed by atoms with Crippen molar-refractivity contribution in [2.45, 2.75) is 0 Å². The molecule has 3 heterocycles. The summed E-state index contributed by atoms with van der Waals surface area (Å²) in [6.07, 6.45) is 0. The molecule has 3 heteroatoms. The summed E-state index contributed by atoms with van der Waals surface area (Å²) in [5, 5.41) is 23.5. The molecule has 0 unspecified atom stereocenters. The van der Waals surface area contributed by atoms with Gasteiger partial charge in [0.2, 0.25) is 0 Å². The van der Waals surface area contributed by atoms with Gasteiger partial charge in [0.15, 0.2) is 0 Å². The molecule has 75 heavy (non-hydrogen) atoms. The molecule has 0 aliphatic heterocycles. The molecule has 3 aromatic heterocycles. The first-order valence-electron chi connectivity index (χ1n) is 25.7. The van der Waals surface area contributed by atoms with Crippen LogP contribution >= 0.6 is 34.0 Å². The van der Waals surface area contributed by atoms with Gasteiger partial charge in [-0.2, -0.15) is 0 Å². The van der Waals surface area contributed by atoms with Gasteiger partial charge in [0, 0.05) is 60.5 Å². The Morgan fingerprint density at radius 1 is 0.160 bits per heavy atom. The zero-order chi connectivity index (χ0) is 48.9. The van der Waals surface area contributed by atoms with Crippen LogP contribution in [-0.2, 0) is 0 Å². The van der Waals surface area contributed by atoms with E-state index in [0.717, 1.165) is 0 Å². The van der Waals surface area contributed by atoms with E-state index in [1.165, 1.54) is 170 Å².